The van der Waals surface area contributed by atoms with E-state index in [1.807, 2.05) is 12.1 Å². The number of alkyl halides is 2. The molecule has 1 rings (SSSR count). The molecule has 0 N–H and O–H groups in total. The van der Waals surface area contributed by atoms with Crippen molar-refractivity contribution in [2.45, 2.75) is 12.8 Å². The zero-order chi connectivity index (χ0) is 10.2. The van der Waals surface area contributed by atoms with Crippen LogP contribution in [0.1, 0.15) is 12.0 Å². The van der Waals surface area contributed by atoms with E-state index in [0.29, 0.717) is 0 Å². The van der Waals surface area contributed by atoms with Crippen molar-refractivity contribution in [1.82, 2.24) is 0 Å². The number of halogens is 2. The monoisotopic (exact) mass is 320 g/mol. The Morgan fingerprint density at radius 3 is 2.29 bits per heavy atom. The third-order valence-corrected chi connectivity index (χ3v) is 2.75. The van der Waals surface area contributed by atoms with E-state index < -0.39 is 0 Å². The van der Waals surface area contributed by atoms with E-state index in [4.69, 9.17) is 4.74 Å². The van der Waals surface area contributed by atoms with Crippen molar-refractivity contribution in [3.05, 3.63) is 29.8 Å². The predicted molar refractivity (Wildman–Crippen MR) is 67.8 cm³/mol. The maximum absolute atomic E-state index is 5.46. The number of hydrogen-bond donors (Lipinski definition) is 0. The molecule has 0 fully saturated rings. The summed E-state index contributed by atoms with van der Waals surface area (Å²) in [6, 6.07) is 8.33. The lowest BCUT2D eigenvalue weighted by Crippen LogP contribution is -1.97. The van der Waals surface area contributed by atoms with E-state index in [1.165, 1.54) is 12.0 Å². The fraction of sp³-hybridized carbons (Fsp3) is 0.455. The van der Waals surface area contributed by atoms with Crippen molar-refractivity contribution in [1.29, 1.82) is 0 Å². The molecule has 0 aliphatic rings. The minimum absolute atomic E-state index is 0.723. The molecule has 0 radical (unpaired) electrons. The maximum Gasteiger partial charge on any atom is 0.119 e. The van der Waals surface area contributed by atoms with Gasteiger partial charge >= 0.3 is 0 Å². The number of aryl methyl sites for hydroxylation is 1. The van der Waals surface area contributed by atoms with Gasteiger partial charge in [0, 0.05) is 10.7 Å². The average Bonchev–Trinajstić information content (AvgIpc) is 2.25. The van der Waals surface area contributed by atoms with Gasteiger partial charge in [-0.25, -0.2) is 0 Å². The van der Waals surface area contributed by atoms with Gasteiger partial charge in [-0.1, -0.05) is 44.0 Å². The fourth-order valence-corrected chi connectivity index (χ4v) is 1.62. The third kappa shape index (κ3) is 4.47. The van der Waals surface area contributed by atoms with Crippen LogP contribution < -0.4 is 4.74 Å². The van der Waals surface area contributed by atoms with Gasteiger partial charge in [0.1, 0.15) is 5.75 Å². The van der Waals surface area contributed by atoms with Gasteiger partial charge in [-0.15, -0.1) is 0 Å². The number of hydrogen-bond acceptors (Lipinski definition) is 1. The van der Waals surface area contributed by atoms with E-state index in [-0.39, 0.29) is 0 Å². The molecule has 3 heteroatoms. The second-order valence-corrected chi connectivity index (χ2v) is 4.56. The molecule has 78 valence electrons. The summed E-state index contributed by atoms with van der Waals surface area (Å²) in [5.74, 6) is 0.951. The van der Waals surface area contributed by atoms with Crippen LogP contribution in [-0.2, 0) is 6.42 Å². The van der Waals surface area contributed by atoms with Crippen molar-refractivity contribution < 1.29 is 4.74 Å². The molecule has 1 nitrogen and oxygen atoms in total. The van der Waals surface area contributed by atoms with Gasteiger partial charge in [-0.2, -0.15) is 0 Å². The topological polar surface area (TPSA) is 9.23 Å². The first-order chi connectivity index (χ1) is 6.86. The zero-order valence-corrected chi connectivity index (χ0v) is 11.2. The molecule has 1 aromatic carbocycles. The SMILES string of the molecule is BrCCCc1ccc(OCCBr)cc1. The summed E-state index contributed by atoms with van der Waals surface area (Å²) >= 11 is 6.75. The summed E-state index contributed by atoms with van der Waals surface area (Å²) in [6.07, 6.45) is 2.31. The summed E-state index contributed by atoms with van der Waals surface area (Å²) in [5, 5.41) is 1.94. The largest absolute Gasteiger partial charge is 0.493 e. The van der Waals surface area contributed by atoms with Crippen LogP contribution in [-0.4, -0.2) is 17.3 Å². The highest BCUT2D eigenvalue weighted by Gasteiger charge is 1.94. The van der Waals surface area contributed by atoms with Crippen LogP contribution in [0.5, 0.6) is 5.75 Å². The molecule has 0 heterocycles. The maximum atomic E-state index is 5.46. The summed E-state index contributed by atoms with van der Waals surface area (Å²) in [6.45, 7) is 0.723. The van der Waals surface area contributed by atoms with Gasteiger partial charge in [0.15, 0.2) is 0 Å². The molecular formula is C11H14Br2O. The average molecular weight is 322 g/mol. The Hall–Kier alpha value is -0.0200. The van der Waals surface area contributed by atoms with Crippen molar-refractivity contribution >= 4 is 31.9 Å². The third-order valence-electron chi connectivity index (χ3n) is 1.87. The van der Waals surface area contributed by atoms with Crippen LogP contribution in [0, 0.1) is 0 Å². The number of ether oxygens (including phenoxy) is 1. The molecular weight excluding hydrogens is 308 g/mol. The quantitative estimate of drug-likeness (QED) is 0.724. The Morgan fingerprint density at radius 2 is 1.71 bits per heavy atom. The lowest BCUT2D eigenvalue weighted by Gasteiger charge is -2.04. The lowest BCUT2D eigenvalue weighted by atomic mass is 10.1. The minimum Gasteiger partial charge on any atom is -0.493 e. The van der Waals surface area contributed by atoms with Crippen LogP contribution in [0.25, 0.3) is 0 Å². The molecule has 0 aromatic heterocycles. The van der Waals surface area contributed by atoms with Crippen LogP contribution in [0.3, 0.4) is 0 Å². The molecule has 0 saturated carbocycles. The Balaban J connectivity index is 2.42. The normalized spacial score (nSPS) is 10.1. The van der Waals surface area contributed by atoms with E-state index in [9.17, 15) is 0 Å². The van der Waals surface area contributed by atoms with Crippen molar-refractivity contribution in [3.63, 3.8) is 0 Å². The fourth-order valence-electron chi connectivity index (χ4n) is 1.18. The molecule has 0 atom stereocenters. The van der Waals surface area contributed by atoms with Crippen LogP contribution >= 0.6 is 31.9 Å². The predicted octanol–water partition coefficient (Wildman–Crippen LogP) is 3.79. The minimum atomic E-state index is 0.723. The highest BCUT2D eigenvalue weighted by Crippen LogP contribution is 2.13. The van der Waals surface area contributed by atoms with Gasteiger partial charge in [0.25, 0.3) is 0 Å². The molecule has 0 aliphatic heterocycles. The Labute approximate surface area is 102 Å². The first-order valence-electron chi connectivity index (χ1n) is 4.70. The molecule has 0 aliphatic carbocycles. The van der Waals surface area contributed by atoms with E-state index in [2.05, 4.69) is 44.0 Å². The summed E-state index contributed by atoms with van der Waals surface area (Å²) in [4.78, 5) is 0. The van der Waals surface area contributed by atoms with E-state index >= 15 is 0 Å². The number of benzene rings is 1. The molecule has 0 bridgehead atoms. The van der Waals surface area contributed by atoms with E-state index in [1.54, 1.807) is 0 Å². The van der Waals surface area contributed by atoms with Crippen LogP contribution in [0.15, 0.2) is 24.3 Å². The van der Waals surface area contributed by atoms with Crippen molar-refractivity contribution in [2.24, 2.45) is 0 Å². The van der Waals surface area contributed by atoms with Gasteiger partial charge in [0.05, 0.1) is 6.61 Å². The van der Waals surface area contributed by atoms with Gasteiger partial charge < -0.3 is 4.74 Å². The summed E-state index contributed by atoms with van der Waals surface area (Å²) in [7, 11) is 0. The van der Waals surface area contributed by atoms with Crippen LogP contribution in [0.2, 0.25) is 0 Å². The first-order valence-corrected chi connectivity index (χ1v) is 6.95. The summed E-state index contributed by atoms with van der Waals surface area (Å²) < 4.78 is 5.46. The zero-order valence-electron chi connectivity index (χ0n) is 8.01. The van der Waals surface area contributed by atoms with Crippen LogP contribution in [0.4, 0.5) is 0 Å². The molecule has 1 aromatic rings. The standard InChI is InChI=1S/C11H14Br2O/c12-7-1-2-10-3-5-11(6-4-10)14-9-8-13/h3-6H,1-2,7-9H2. The Kier molecular flexibility index (Phi) is 6.28. The molecule has 0 saturated heterocycles. The molecule has 14 heavy (non-hydrogen) atoms. The highest BCUT2D eigenvalue weighted by molar-refractivity contribution is 9.09. The first kappa shape index (κ1) is 12.1. The second-order valence-electron chi connectivity index (χ2n) is 2.97. The van der Waals surface area contributed by atoms with Gasteiger partial charge in [0.2, 0.25) is 0 Å². The number of rotatable bonds is 6. The summed E-state index contributed by atoms with van der Waals surface area (Å²) in [5.41, 5.74) is 1.37. The Bertz CT molecular complexity index is 219. The smallest absolute Gasteiger partial charge is 0.119 e. The molecule has 0 amide bonds. The lowest BCUT2D eigenvalue weighted by molar-refractivity contribution is 0.345. The highest BCUT2D eigenvalue weighted by atomic mass is 79.9. The van der Waals surface area contributed by atoms with Gasteiger partial charge in [-0.3, -0.25) is 0 Å². The Morgan fingerprint density at radius 1 is 1.00 bits per heavy atom. The molecule has 0 spiro atoms. The van der Waals surface area contributed by atoms with Gasteiger partial charge in [-0.05, 0) is 30.5 Å². The molecule has 0 unspecified atom stereocenters. The second kappa shape index (κ2) is 7.30. The van der Waals surface area contributed by atoms with Crippen molar-refractivity contribution in [2.75, 3.05) is 17.3 Å². The van der Waals surface area contributed by atoms with Crippen molar-refractivity contribution in [3.8, 4) is 5.75 Å². The van der Waals surface area contributed by atoms with E-state index in [0.717, 1.165) is 29.4 Å².